The van der Waals surface area contributed by atoms with E-state index in [1.165, 1.54) is 31.4 Å². The van der Waals surface area contributed by atoms with E-state index in [1.54, 1.807) is 13.0 Å². The molecule has 140 valence electrons. The molecule has 1 fully saturated rings. The van der Waals surface area contributed by atoms with E-state index >= 15 is 0 Å². The number of halogens is 2. The van der Waals surface area contributed by atoms with Crippen molar-refractivity contribution in [3.8, 4) is 0 Å². The minimum absolute atomic E-state index is 0.206. The Morgan fingerprint density at radius 2 is 1.92 bits per heavy atom. The maximum atomic E-state index is 12.6. The highest BCUT2D eigenvalue weighted by molar-refractivity contribution is 7.92. The molecule has 0 saturated heterocycles. The number of carbonyl (C=O) groups is 1. The Kier molecular flexibility index (Phi) is 7.00. The number of sulfonamides is 1. The van der Waals surface area contributed by atoms with Crippen LogP contribution in [0.25, 0.3) is 0 Å². The lowest BCUT2D eigenvalue weighted by Crippen LogP contribution is -2.49. The van der Waals surface area contributed by atoms with Crippen molar-refractivity contribution in [1.82, 2.24) is 5.32 Å². The molecule has 25 heavy (non-hydrogen) atoms. The van der Waals surface area contributed by atoms with E-state index < -0.39 is 16.1 Å². The number of carbonyl (C=O) groups excluding carboxylic acids is 1. The van der Waals surface area contributed by atoms with E-state index in [2.05, 4.69) is 5.32 Å². The van der Waals surface area contributed by atoms with Crippen LogP contribution in [0.4, 0.5) is 5.69 Å². The van der Waals surface area contributed by atoms with Gasteiger partial charge in [-0.3, -0.25) is 9.10 Å². The second-order valence-corrected chi connectivity index (χ2v) is 9.28. The van der Waals surface area contributed by atoms with Crippen LogP contribution < -0.4 is 9.62 Å². The summed E-state index contributed by atoms with van der Waals surface area (Å²) in [7, 11) is -3.72. The number of hydrogen-bond acceptors (Lipinski definition) is 3. The van der Waals surface area contributed by atoms with Gasteiger partial charge in [-0.1, -0.05) is 42.5 Å². The van der Waals surface area contributed by atoms with Gasteiger partial charge in [-0.05, 0) is 43.9 Å². The highest BCUT2D eigenvalue weighted by Crippen LogP contribution is 2.32. The lowest BCUT2D eigenvalue weighted by Gasteiger charge is -2.30. The van der Waals surface area contributed by atoms with Crippen LogP contribution in [0.15, 0.2) is 18.2 Å². The first-order chi connectivity index (χ1) is 11.7. The minimum Gasteiger partial charge on any atom is -0.354 e. The van der Waals surface area contributed by atoms with Crippen molar-refractivity contribution in [1.29, 1.82) is 0 Å². The van der Waals surface area contributed by atoms with Crippen molar-refractivity contribution < 1.29 is 13.2 Å². The second kappa shape index (κ2) is 8.60. The predicted molar refractivity (Wildman–Crippen MR) is 103 cm³/mol. The molecule has 5 nitrogen and oxygen atoms in total. The van der Waals surface area contributed by atoms with Crippen molar-refractivity contribution in [3.63, 3.8) is 0 Å². The summed E-state index contributed by atoms with van der Waals surface area (Å²) in [6.07, 6.45) is 6.87. The zero-order valence-corrected chi connectivity index (χ0v) is 16.8. The summed E-state index contributed by atoms with van der Waals surface area (Å²) < 4.78 is 25.6. The van der Waals surface area contributed by atoms with Crippen LogP contribution in [0, 0.1) is 5.92 Å². The van der Waals surface area contributed by atoms with Gasteiger partial charge in [0.2, 0.25) is 15.9 Å². The van der Waals surface area contributed by atoms with Crippen molar-refractivity contribution in [3.05, 3.63) is 28.2 Å². The Balaban J connectivity index is 2.16. The van der Waals surface area contributed by atoms with Crippen LogP contribution in [0.5, 0.6) is 0 Å². The van der Waals surface area contributed by atoms with Gasteiger partial charge in [-0.2, -0.15) is 0 Å². The van der Waals surface area contributed by atoms with Crippen molar-refractivity contribution in [2.45, 2.75) is 45.1 Å². The summed E-state index contributed by atoms with van der Waals surface area (Å²) in [5.74, 6) is 0.124. The molecule has 2 rings (SSSR count). The van der Waals surface area contributed by atoms with Crippen LogP contribution in [0.2, 0.25) is 10.0 Å². The average molecular weight is 407 g/mol. The molecule has 1 aromatic rings. The summed E-state index contributed by atoms with van der Waals surface area (Å²) >= 11 is 12.1. The summed E-state index contributed by atoms with van der Waals surface area (Å²) in [5.41, 5.74) is 0.206. The SMILES string of the molecule is CC(C(=O)NCC1CCCCC1)N(c1cc(Cl)ccc1Cl)S(C)(=O)=O. The van der Waals surface area contributed by atoms with Crippen molar-refractivity contribution in [2.24, 2.45) is 5.92 Å². The smallest absolute Gasteiger partial charge is 0.243 e. The Hall–Kier alpha value is -0.980. The van der Waals surface area contributed by atoms with Gasteiger partial charge >= 0.3 is 0 Å². The Morgan fingerprint density at radius 1 is 1.28 bits per heavy atom. The Labute approximate surface area is 159 Å². The highest BCUT2D eigenvalue weighted by Gasteiger charge is 2.31. The molecule has 0 aliphatic heterocycles. The van der Waals surface area contributed by atoms with Crippen molar-refractivity contribution >= 4 is 44.8 Å². The van der Waals surface area contributed by atoms with Crippen LogP contribution in [-0.4, -0.2) is 33.2 Å². The van der Waals surface area contributed by atoms with Crippen LogP contribution in [-0.2, 0) is 14.8 Å². The fraction of sp³-hybridized carbons (Fsp3) is 0.588. The van der Waals surface area contributed by atoms with Gasteiger partial charge in [0.05, 0.1) is 17.0 Å². The molecule has 0 heterocycles. The third-order valence-electron chi connectivity index (χ3n) is 4.52. The summed E-state index contributed by atoms with van der Waals surface area (Å²) in [6.45, 7) is 2.12. The van der Waals surface area contributed by atoms with E-state index in [4.69, 9.17) is 23.2 Å². The molecule has 0 aromatic heterocycles. The maximum Gasteiger partial charge on any atom is 0.243 e. The molecule has 8 heteroatoms. The van der Waals surface area contributed by atoms with E-state index in [9.17, 15) is 13.2 Å². The molecule has 1 amide bonds. The van der Waals surface area contributed by atoms with E-state index in [-0.39, 0.29) is 16.6 Å². The first-order valence-electron chi connectivity index (χ1n) is 8.42. The van der Waals surface area contributed by atoms with E-state index in [1.807, 2.05) is 0 Å². The average Bonchev–Trinajstić information content (AvgIpc) is 2.55. The van der Waals surface area contributed by atoms with Gasteiger partial charge in [0.25, 0.3) is 0 Å². The first-order valence-corrected chi connectivity index (χ1v) is 11.0. The van der Waals surface area contributed by atoms with E-state index in [0.717, 1.165) is 23.4 Å². The predicted octanol–water partition coefficient (Wildman–Crippen LogP) is 3.84. The lowest BCUT2D eigenvalue weighted by molar-refractivity contribution is -0.122. The molecular formula is C17H24Cl2N2O3S. The van der Waals surface area contributed by atoms with Crippen LogP contribution >= 0.6 is 23.2 Å². The van der Waals surface area contributed by atoms with Crippen molar-refractivity contribution in [2.75, 3.05) is 17.1 Å². The molecule has 1 N–H and O–H groups in total. The van der Waals surface area contributed by atoms with Gasteiger partial charge < -0.3 is 5.32 Å². The molecular weight excluding hydrogens is 383 g/mol. The number of nitrogens with one attached hydrogen (secondary N) is 1. The molecule has 0 radical (unpaired) electrons. The second-order valence-electron chi connectivity index (χ2n) is 6.58. The molecule has 1 atom stereocenters. The third-order valence-corrected chi connectivity index (χ3v) is 6.31. The number of hydrogen-bond donors (Lipinski definition) is 1. The third kappa shape index (κ3) is 5.50. The zero-order chi connectivity index (χ0) is 18.6. The fourth-order valence-electron chi connectivity index (χ4n) is 3.22. The van der Waals surface area contributed by atoms with Crippen LogP contribution in [0.3, 0.4) is 0 Å². The minimum atomic E-state index is -3.72. The maximum absolute atomic E-state index is 12.6. The van der Waals surface area contributed by atoms with Gasteiger partial charge in [0, 0.05) is 11.6 Å². The Morgan fingerprint density at radius 3 is 2.52 bits per heavy atom. The van der Waals surface area contributed by atoms with Gasteiger partial charge in [-0.15, -0.1) is 0 Å². The molecule has 1 aliphatic carbocycles. The first kappa shape index (κ1) is 20.3. The number of rotatable bonds is 6. The van der Waals surface area contributed by atoms with Gasteiger partial charge in [0.15, 0.2) is 0 Å². The number of anilines is 1. The van der Waals surface area contributed by atoms with Gasteiger partial charge in [-0.25, -0.2) is 8.42 Å². The lowest BCUT2D eigenvalue weighted by atomic mass is 9.89. The molecule has 1 aromatic carbocycles. The number of benzene rings is 1. The zero-order valence-electron chi connectivity index (χ0n) is 14.5. The monoisotopic (exact) mass is 406 g/mol. The quantitative estimate of drug-likeness (QED) is 0.779. The highest BCUT2D eigenvalue weighted by atomic mass is 35.5. The Bertz CT molecular complexity index is 719. The number of amides is 1. The summed E-state index contributed by atoms with van der Waals surface area (Å²) in [5, 5.41) is 3.46. The molecule has 0 spiro atoms. The normalized spacial score (nSPS) is 17.1. The molecule has 1 saturated carbocycles. The topological polar surface area (TPSA) is 66.5 Å². The largest absolute Gasteiger partial charge is 0.354 e. The standard InChI is InChI=1S/C17H24Cl2N2O3S/c1-12(17(22)20-11-13-6-4-3-5-7-13)21(25(2,23)24)16-10-14(18)8-9-15(16)19/h8-10,12-13H,3-7,11H2,1-2H3,(H,20,22). The van der Waals surface area contributed by atoms with E-state index in [0.29, 0.717) is 17.5 Å². The molecule has 1 aliphatic rings. The van der Waals surface area contributed by atoms with Crippen LogP contribution in [0.1, 0.15) is 39.0 Å². The molecule has 1 unspecified atom stereocenters. The van der Waals surface area contributed by atoms with Gasteiger partial charge in [0.1, 0.15) is 6.04 Å². The summed E-state index contributed by atoms with van der Waals surface area (Å²) in [6, 6.07) is 3.62. The number of nitrogens with zero attached hydrogens (tertiary/aromatic N) is 1. The summed E-state index contributed by atoms with van der Waals surface area (Å²) in [4.78, 5) is 12.6. The molecule has 0 bridgehead atoms. The fourth-order valence-corrected chi connectivity index (χ4v) is 4.82.